The molecule has 0 aromatic rings. The summed E-state index contributed by atoms with van der Waals surface area (Å²) in [6.07, 6.45) is 5.89. The van der Waals surface area contributed by atoms with Gasteiger partial charge in [0.25, 0.3) is 0 Å². The minimum atomic E-state index is 0.801. The van der Waals surface area contributed by atoms with Crippen LogP contribution in [0.4, 0.5) is 0 Å². The lowest BCUT2D eigenvalue weighted by molar-refractivity contribution is -0.865. The Morgan fingerprint density at radius 2 is 2.00 bits per heavy atom. The topological polar surface area (TPSA) is 4.44 Å². The van der Waals surface area contributed by atoms with Crippen LogP contribution in [0.2, 0.25) is 0 Å². The maximum absolute atomic E-state index is 4.05. The standard InChI is InChI=1S/C8H15N/c1-9-6-2-3-8(7-9)4-5-8/h9H,1-7H2. The molecular weight excluding hydrogens is 110 g/mol. The van der Waals surface area contributed by atoms with Gasteiger partial charge in [-0.15, -0.1) is 0 Å². The van der Waals surface area contributed by atoms with Crippen LogP contribution in [-0.4, -0.2) is 13.1 Å². The van der Waals surface area contributed by atoms with Crippen LogP contribution in [0.1, 0.15) is 25.7 Å². The summed E-state index contributed by atoms with van der Waals surface area (Å²) < 4.78 is 0. The van der Waals surface area contributed by atoms with Crippen molar-refractivity contribution in [2.24, 2.45) is 5.41 Å². The predicted molar refractivity (Wildman–Crippen MR) is 37.0 cm³/mol. The maximum atomic E-state index is 4.05. The van der Waals surface area contributed by atoms with Crippen LogP contribution < -0.4 is 4.90 Å². The monoisotopic (exact) mass is 125 g/mol. The Labute approximate surface area is 57.0 Å². The van der Waals surface area contributed by atoms with E-state index < -0.39 is 0 Å². The molecule has 1 aliphatic carbocycles. The van der Waals surface area contributed by atoms with Crippen molar-refractivity contribution in [2.75, 3.05) is 13.1 Å². The average Bonchev–Trinajstić information content (AvgIpc) is 2.49. The number of likely N-dealkylation sites (tertiary alicyclic amines) is 1. The molecule has 1 atom stereocenters. The second-order valence-corrected chi connectivity index (χ2v) is 3.78. The quantitative estimate of drug-likeness (QED) is 0.442. The van der Waals surface area contributed by atoms with Gasteiger partial charge in [0, 0.05) is 5.41 Å². The van der Waals surface area contributed by atoms with Gasteiger partial charge in [-0.1, -0.05) is 0 Å². The fraction of sp³-hybridized carbons (Fsp3) is 0.875. The van der Waals surface area contributed by atoms with Gasteiger partial charge in [-0.05, 0) is 25.7 Å². The van der Waals surface area contributed by atoms with Gasteiger partial charge in [-0.2, -0.15) is 7.05 Å². The van der Waals surface area contributed by atoms with Gasteiger partial charge in [-0.3, -0.25) is 0 Å². The van der Waals surface area contributed by atoms with E-state index in [1.807, 2.05) is 0 Å². The molecule has 1 unspecified atom stereocenters. The van der Waals surface area contributed by atoms with Crippen LogP contribution in [-0.2, 0) is 0 Å². The molecule has 1 saturated heterocycles. The van der Waals surface area contributed by atoms with Crippen LogP contribution >= 0.6 is 0 Å². The summed E-state index contributed by atoms with van der Waals surface area (Å²) in [6, 6.07) is 0. The van der Waals surface area contributed by atoms with E-state index in [1.165, 1.54) is 43.7 Å². The highest BCUT2D eigenvalue weighted by Crippen LogP contribution is 2.49. The van der Waals surface area contributed by atoms with Crippen LogP contribution in [0.5, 0.6) is 0 Å². The summed E-state index contributed by atoms with van der Waals surface area (Å²) >= 11 is 0. The molecule has 0 aromatic carbocycles. The molecule has 0 radical (unpaired) electrons. The summed E-state index contributed by atoms with van der Waals surface area (Å²) in [5, 5.41) is 0. The SMILES string of the molecule is [CH2-][NH+]1CCCC2(CC2)C1. The number of hydrogen-bond donors (Lipinski definition) is 1. The first-order valence-corrected chi connectivity index (χ1v) is 3.97. The van der Waals surface area contributed by atoms with Gasteiger partial charge >= 0.3 is 0 Å². The minimum absolute atomic E-state index is 0.801. The molecule has 9 heavy (non-hydrogen) atoms. The molecule has 2 aliphatic rings. The number of piperidine rings is 1. The molecule has 1 saturated carbocycles. The predicted octanol–water partition coefficient (Wildman–Crippen LogP) is 0.237. The van der Waals surface area contributed by atoms with Crippen molar-refractivity contribution >= 4 is 0 Å². The molecule has 1 aliphatic heterocycles. The van der Waals surface area contributed by atoms with Gasteiger partial charge in [-0.25, -0.2) is 0 Å². The lowest BCUT2D eigenvalue weighted by Crippen LogP contribution is -3.08. The molecule has 2 fully saturated rings. The highest BCUT2D eigenvalue weighted by molar-refractivity contribution is 4.93. The van der Waals surface area contributed by atoms with E-state index in [2.05, 4.69) is 7.05 Å². The third kappa shape index (κ3) is 0.983. The van der Waals surface area contributed by atoms with Crippen LogP contribution in [0.3, 0.4) is 0 Å². The fourth-order valence-electron chi connectivity index (χ4n) is 2.02. The molecule has 1 nitrogen and oxygen atoms in total. The Hall–Kier alpha value is -0.0400. The number of hydrogen-bond acceptors (Lipinski definition) is 0. The summed E-state index contributed by atoms with van der Waals surface area (Å²) in [5.74, 6) is 0. The van der Waals surface area contributed by atoms with Gasteiger partial charge in [0.2, 0.25) is 0 Å². The van der Waals surface area contributed by atoms with Gasteiger partial charge in [0.05, 0.1) is 13.1 Å². The summed E-state index contributed by atoms with van der Waals surface area (Å²) in [7, 11) is 4.05. The van der Waals surface area contributed by atoms with E-state index in [4.69, 9.17) is 0 Å². The van der Waals surface area contributed by atoms with E-state index in [-0.39, 0.29) is 0 Å². The zero-order valence-corrected chi connectivity index (χ0v) is 5.95. The zero-order chi connectivity index (χ0) is 6.32. The molecule has 0 bridgehead atoms. The van der Waals surface area contributed by atoms with Crippen molar-refractivity contribution in [1.29, 1.82) is 0 Å². The lowest BCUT2D eigenvalue weighted by Gasteiger charge is -2.31. The molecule has 52 valence electrons. The third-order valence-corrected chi connectivity index (χ3v) is 2.82. The van der Waals surface area contributed by atoms with Crippen molar-refractivity contribution in [3.05, 3.63) is 7.05 Å². The first-order valence-electron chi connectivity index (χ1n) is 3.97. The lowest BCUT2D eigenvalue weighted by atomic mass is 9.96. The van der Waals surface area contributed by atoms with Crippen molar-refractivity contribution in [3.63, 3.8) is 0 Å². The molecule has 2 rings (SSSR count). The van der Waals surface area contributed by atoms with E-state index in [0.29, 0.717) is 0 Å². The number of quaternary nitrogens is 1. The molecular formula is C8H15N. The molecule has 0 amide bonds. The number of rotatable bonds is 0. The average molecular weight is 125 g/mol. The molecule has 1 N–H and O–H groups in total. The van der Waals surface area contributed by atoms with E-state index >= 15 is 0 Å². The van der Waals surface area contributed by atoms with Gasteiger partial charge in [0.1, 0.15) is 0 Å². The highest BCUT2D eigenvalue weighted by atomic mass is 15.1. The van der Waals surface area contributed by atoms with E-state index in [9.17, 15) is 0 Å². The van der Waals surface area contributed by atoms with Crippen molar-refractivity contribution in [3.8, 4) is 0 Å². The fourth-order valence-corrected chi connectivity index (χ4v) is 2.02. The van der Waals surface area contributed by atoms with Crippen LogP contribution in [0, 0.1) is 12.5 Å². The van der Waals surface area contributed by atoms with E-state index in [1.54, 1.807) is 0 Å². The summed E-state index contributed by atoms with van der Waals surface area (Å²) in [5.41, 5.74) is 0.801. The summed E-state index contributed by atoms with van der Waals surface area (Å²) in [6.45, 7) is 2.66. The normalized spacial score (nSPS) is 39.0. The second kappa shape index (κ2) is 1.72. The van der Waals surface area contributed by atoms with Crippen LogP contribution in [0.15, 0.2) is 0 Å². The van der Waals surface area contributed by atoms with Crippen molar-refractivity contribution < 1.29 is 4.90 Å². The Bertz CT molecular complexity index is 116. The summed E-state index contributed by atoms with van der Waals surface area (Å²) in [4.78, 5) is 1.51. The minimum Gasteiger partial charge on any atom is -0.467 e. The maximum Gasteiger partial charge on any atom is 0.0587 e. The molecule has 0 aromatic heterocycles. The van der Waals surface area contributed by atoms with Crippen molar-refractivity contribution in [2.45, 2.75) is 25.7 Å². The first kappa shape index (κ1) is 5.72. The zero-order valence-electron chi connectivity index (χ0n) is 5.95. The number of nitrogens with one attached hydrogen (secondary N) is 1. The Morgan fingerprint density at radius 1 is 1.22 bits per heavy atom. The van der Waals surface area contributed by atoms with Gasteiger partial charge < -0.3 is 4.90 Å². The molecule has 1 heteroatoms. The highest BCUT2D eigenvalue weighted by Gasteiger charge is 2.45. The smallest absolute Gasteiger partial charge is 0.0587 e. The Balaban J connectivity index is 1.96. The van der Waals surface area contributed by atoms with Crippen molar-refractivity contribution in [1.82, 2.24) is 0 Å². The first-order chi connectivity index (χ1) is 4.31. The largest absolute Gasteiger partial charge is 0.467 e. The second-order valence-electron chi connectivity index (χ2n) is 3.78. The van der Waals surface area contributed by atoms with E-state index in [0.717, 1.165) is 5.41 Å². The van der Waals surface area contributed by atoms with Crippen LogP contribution in [0.25, 0.3) is 0 Å². The Kier molecular flexibility index (Phi) is 1.10. The molecule has 1 spiro atoms. The van der Waals surface area contributed by atoms with Gasteiger partial charge in [0.15, 0.2) is 0 Å². The molecule has 1 heterocycles. The Morgan fingerprint density at radius 3 is 2.44 bits per heavy atom. The third-order valence-electron chi connectivity index (χ3n) is 2.82.